The van der Waals surface area contributed by atoms with Gasteiger partial charge in [-0.25, -0.2) is 0 Å². The highest BCUT2D eigenvalue weighted by atomic mass is 16.5. The molecule has 1 aromatic heterocycles. The predicted octanol–water partition coefficient (Wildman–Crippen LogP) is 3.21. The van der Waals surface area contributed by atoms with Gasteiger partial charge in [-0.05, 0) is 39.0 Å². The van der Waals surface area contributed by atoms with Crippen LogP contribution >= 0.6 is 0 Å². The van der Waals surface area contributed by atoms with Crippen LogP contribution < -0.4 is 5.32 Å². The van der Waals surface area contributed by atoms with E-state index in [1.165, 1.54) is 5.56 Å². The lowest BCUT2D eigenvalue weighted by Crippen LogP contribution is -2.39. The number of ether oxygens (including phenoxy) is 1. The molecule has 0 aliphatic rings. The van der Waals surface area contributed by atoms with E-state index in [2.05, 4.69) is 16.4 Å². The molecule has 4 nitrogen and oxygen atoms in total. The number of carbonyl (C=O) groups excluding carboxylic acids is 1. The first-order valence-electron chi connectivity index (χ1n) is 7.28. The van der Waals surface area contributed by atoms with E-state index in [1.807, 2.05) is 45.0 Å². The highest BCUT2D eigenvalue weighted by Gasteiger charge is 2.18. The number of pyridine rings is 1. The lowest BCUT2D eigenvalue weighted by molar-refractivity contribution is 0.0228. The molecule has 22 heavy (non-hydrogen) atoms. The predicted molar refractivity (Wildman–Crippen MR) is 87.8 cm³/mol. The summed E-state index contributed by atoms with van der Waals surface area (Å²) in [5.74, 6) is -0.145. The Labute approximate surface area is 131 Å². The maximum Gasteiger partial charge on any atom is 0.252 e. The maximum absolute atomic E-state index is 12.1. The van der Waals surface area contributed by atoms with Crippen molar-refractivity contribution in [1.82, 2.24) is 10.3 Å². The summed E-state index contributed by atoms with van der Waals surface area (Å²) in [5, 5.41) is 2.85. The highest BCUT2D eigenvalue weighted by molar-refractivity contribution is 5.94. The summed E-state index contributed by atoms with van der Waals surface area (Å²) in [5.41, 5.74) is 3.25. The van der Waals surface area contributed by atoms with Crippen LogP contribution in [-0.2, 0) is 4.74 Å². The second-order valence-corrected chi connectivity index (χ2v) is 5.95. The summed E-state index contributed by atoms with van der Waals surface area (Å²) < 4.78 is 5.28. The van der Waals surface area contributed by atoms with Gasteiger partial charge in [-0.3, -0.25) is 9.78 Å². The highest BCUT2D eigenvalue weighted by Crippen LogP contribution is 2.18. The van der Waals surface area contributed by atoms with Crippen molar-refractivity contribution in [2.45, 2.75) is 26.4 Å². The molecule has 0 unspecified atom stereocenters. The van der Waals surface area contributed by atoms with Crippen molar-refractivity contribution in [2.75, 3.05) is 13.7 Å². The van der Waals surface area contributed by atoms with Gasteiger partial charge in [-0.1, -0.05) is 23.8 Å². The average Bonchev–Trinajstić information content (AvgIpc) is 2.53. The van der Waals surface area contributed by atoms with E-state index >= 15 is 0 Å². The molecule has 0 saturated heterocycles. The van der Waals surface area contributed by atoms with Gasteiger partial charge in [-0.15, -0.1) is 0 Å². The zero-order chi connectivity index (χ0) is 16.2. The molecule has 1 amide bonds. The number of methoxy groups -OCH3 is 1. The number of carbonyl (C=O) groups is 1. The summed E-state index contributed by atoms with van der Waals surface area (Å²) >= 11 is 0. The number of hydrogen-bond acceptors (Lipinski definition) is 3. The van der Waals surface area contributed by atoms with Gasteiger partial charge in [0.2, 0.25) is 0 Å². The Kier molecular flexibility index (Phi) is 4.93. The van der Waals surface area contributed by atoms with E-state index in [0.717, 1.165) is 11.3 Å². The van der Waals surface area contributed by atoms with Gasteiger partial charge in [0.25, 0.3) is 5.91 Å². The smallest absolute Gasteiger partial charge is 0.252 e. The van der Waals surface area contributed by atoms with Crippen LogP contribution in [0.1, 0.15) is 29.8 Å². The number of nitrogens with one attached hydrogen (secondary N) is 1. The average molecular weight is 298 g/mol. The van der Waals surface area contributed by atoms with Crippen LogP contribution in [0.15, 0.2) is 42.6 Å². The van der Waals surface area contributed by atoms with Crippen molar-refractivity contribution < 1.29 is 9.53 Å². The molecule has 0 aliphatic heterocycles. The monoisotopic (exact) mass is 298 g/mol. The SMILES string of the molecule is COC(C)(C)CNC(=O)c1ccc(-c2cccc(C)c2)nc1. The van der Waals surface area contributed by atoms with Gasteiger partial charge in [0.1, 0.15) is 0 Å². The van der Waals surface area contributed by atoms with Crippen LogP contribution in [-0.4, -0.2) is 30.1 Å². The number of amides is 1. The Morgan fingerprint density at radius 3 is 2.64 bits per heavy atom. The van der Waals surface area contributed by atoms with Crippen LogP contribution in [0.3, 0.4) is 0 Å². The fourth-order valence-electron chi connectivity index (χ4n) is 1.97. The normalized spacial score (nSPS) is 11.3. The van der Waals surface area contributed by atoms with Gasteiger partial charge in [0, 0.05) is 25.4 Å². The first-order chi connectivity index (χ1) is 10.4. The molecule has 0 fully saturated rings. The second kappa shape index (κ2) is 6.71. The molecule has 1 aromatic carbocycles. The molecule has 4 heteroatoms. The third kappa shape index (κ3) is 4.15. The lowest BCUT2D eigenvalue weighted by atomic mass is 10.1. The second-order valence-electron chi connectivity index (χ2n) is 5.95. The molecule has 0 atom stereocenters. The summed E-state index contributed by atoms with van der Waals surface area (Å²) in [6, 6.07) is 11.8. The molecular formula is C18H22N2O2. The van der Waals surface area contributed by atoms with Crippen LogP contribution in [0.5, 0.6) is 0 Å². The van der Waals surface area contributed by atoms with Gasteiger partial charge in [-0.2, -0.15) is 0 Å². The van der Waals surface area contributed by atoms with Crippen molar-refractivity contribution in [3.63, 3.8) is 0 Å². The maximum atomic E-state index is 12.1. The van der Waals surface area contributed by atoms with E-state index < -0.39 is 0 Å². The number of aryl methyl sites for hydroxylation is 1. The van der Waals surface area contributed by atoms with Crippen molar-refractivity contribution in [2.24, 2.45) is 0 Å². The number of nitrogens with zero attached hydrogens (tertiary/aromatic N) is 1. The van der Waals surface area contributed by atoms with Crippen molar-refractivity contribution in [3.05, 3.63) is 53.7 Å². The Morgan fingerprint density at radius 2 is 2.05 bits per heavy atom. The molecule has 1 N–H and O–H groups in total. The fourth-order valence-corrected chi connectivity index (χ4v) is 1.97. The molecule has 0 bridgehead atoms. The Bertz CT molecular complexity index is 648. The Hall–Kier alpha value is -2.20. The van der Waals surface area contributed by atoms with E-state index in [4.69, 9.17) is 4.74 Å². The minimum atomic E-state index is -0.384. The van der Waals surface area contributed by atoms with Crippen molar-refractivity contribution in [3.8, 4) is 11.3 Å². The fraction of sp³-hybridized carbons (Fsp3) is 0.333. The molecule has 1 heterocycles. The Morgan fingerprint density at radius 1 is 1.27 bits per heavy atom. The van der Waals surface area contributed by atoms with Crippen LogP contribution in [0.2, 0.25) is 0 Å². The van der Waals surface area contributed by atoms with Crippen LogP contribution in [0.25, 0.3) is 11.3 Å². The van der Waals surface area contributed by atoms with Gasteiger partial charge >= 0.3 is 0 Å². The topological polar surface area (TPSA) is 51.2 Å². The largest absolute Gasteiger partial charge is 0.377 e. The lowest BCUT2D eigenvalue weighted by Gasteiger charge is -2.23. The Balaban J connectivity index is 2.07. The summed E-state index contributed by atoms with van der Waals surface area (Å²) in [6.07, 6.45) is 1.60. The summed E-state index contributed by atoms with van der Waals surface area (Å²) in [7, 11) is 1.63. The number of hydrogen-bond donors (Lipinski definition) is 1. The van der Waals surface area contributed by atoms with Crippen LogP contribution in [0, 0.1) is 6.92 Å². The molecule has 0 saturated carbocycles. The third-order valence-electron chi connectivity index (χ3n) is 3.57. The number of benzene rings is 1. The standard InChI is InChI=1S/C18H22N2O2/c1-13-6-5-7-14(10-13)16-9-8-15(11-19-16)17(21)20-12-18(2,3)22-4/h5-11H,12H2,1-4H3,(H,20,21). The van der Waals surface area contributed by atoms with E-state index in [9.17, 15) is 4.79 Å². The molecule has 2 aromatic rings. The van der Waals surface area contributed by atoms with Crippen LogP contribution in [0.4, 0.5) is 0 Å². The van der Waals surface area contributed by atoms with Gasteiger partial charge in [0.15, 0.2) is 0 Å². The molecule has 0 aliphatic carbocycles. The molecule has 116 valence electrons. The zero-order valence-electron chi connectivity index (χ0n) is 13.5. The number of rotatable bonds is 5. The molecule has 2 rings (SSSR count). The van der Waals surface area contributed by atoms with E-state index in [-0.39, 0.29) is 11.5 Å². The minimum absolute atomic E-state index is 0.145. The first kappa shape index (κ1) is 16.2. The van der Waals surface area contributed by atoms with Crippen molar-refractivity contribution in [1.29, 1.82) is 0 Å². The third-order valence-corrected chi connectivity index (χ3v) is 3.57. The number of aromatic nitrogens is 1. The van der Waals surface area contributed by atoms with Gasteiger partial charge < -0.3 is 10.1 Å². The zero-order valence-corrected chi connectivity index (χ0v) is 13.5. The van der Waals surface area contributed by atoms with Crippen molar-refractivity contribution >= 4 is 5.91 Å². The minimum Gasteiger partial charge on any atom is -0.377 e. The molecule has 0 spiro atoms. The quantitative estimate of drug-likeness (QED) is 0.922. The summed E-state index contributed by atoms with van der Waals surface area (Å²) in [6.45, 7) is 6.34. The van der Waals surface area contributed by atoms with E-state index in [0.29, 0.717) is 12.1 Å². The summed E-state index contributed by atoms with van der Waals surface area (Å²) in [4.78, 5) is 16.5. The molecular weight excluding hydrogens is 276 g/mol. The van der Waals surface area contributed by atoms with Gasteiger partial charge in [0.05, 0.1) is 16.9 Å². The molecule has 0 radical (unpaired) electrons. The van der Waals surface area contributed by atoms with E-state index in [1.54, 1.807) is 19.4 Å². The first-order valence-corrected chi connectivity index (χ1v) is 7.28.